The predicted octanol–water partition coefficient (Wildman–Crippen LogP) is 4.12. The Morgan fingerprint density at radius 2 is 1.94 bits per heavy atom. The molecule has 0 saturated carbocycles. The fourth-order valence-electron chi connectivity index (χ4n) is 2.30. The van der Waals surface area contributed by atoms with Crippen molar-refractivity contribution >= 4 is 15.9 Å². The lowest BCUT2D eigenvalue weighted by atomic mass is 9.85. The molecular weight excluding hydrogens is 264 g/mol. The highest BCUT2D eigenvalue weighted by Crippen LogP contribution is 2.37. The van der Waals surface area contributed by atoms with Crippen LogP contribution in [0.25, 0.3) is 0 Å². The molecule has 0 aliphatic carbocycles. The van der Waals surface area contributed by atoms with Gasteiger partial charge in [-0.1, -0.05) is 46.3 Å². The van der Waals surface area contributed by atoms with Gasteiger partial charge in [-0.25, -0.2) is 0 Å². The summed E-state index contributed by atoms with van der Waals surface area (Å²) in [5.74, 6) is 0.650. The lowest BCUT2D eigenvalue weighted by molar-refractivity contribution is -0.00868. The van der Waals surface area contributed by atoms with Gasteiger partial charge in [0.05, 0.1) is 6.10 Å². The molecule has 0 spiro atoms. The van der Waals surface area contributed by atoms with Crippen LogP contribution in [0.1, 0.15) is 38.2 Å². The quantitative estimate of drug-likeness (QED) is 0.742. The molecule has 88 valence electrons. The average Bonchev–Trinajstić information content (AvgIpc) is 2.29. The molecule has 0 aromatic heterocycles. The highest BCUT2D eigenvalue weighted by atomic mass is 79.9. The van der Waals surface area contributed by atoms with Crippen molar-refractivity contribution < 1.29 is 4.74 Å². The van der Waals surface area contributed by atoms with E-state index >= 15 is 0 Å². The van der Waals surface area contributed by atoms with Crippen molar-refractivity contribution in [3.63, 3.8) is 0 Å². The van der Waals surface area contributed by atoms with Gasteiger partial charge in [-0.2, -0.15) is 0 Å². The number of halogens is 1. The minimum absolute atomic E-state index is 0.0699. The predicted molar refractivity (Wildman–Crippen MR) is 71.2 cm³/mol. The van der Waals surface area contributed by atoms with E-state index in [4.69, 9.17) is 4.74 Å². The molecule has 1 aromatic carbocycles. The summed E-state index contributed by atoms with van der Waals surface area (Å²) in [6, 6.07) is 10.8. The maximum absolute atomic E-state index is 5.85. The fourth-order valence-corrected chi connectivity index (χ4v) is 2.62. The smallest absolute Gasteiger partial charge is 0.0728 e. The van der Waals surface area contributed by atoms with Crippen molar-refractivity contribution in [2.24, 2.45) is 0 Å². The molecule has 1 fully saturated rings. The summed E-state index contributed by atoms with van der Waals surface area (Å²) < 4.78 is 5.92. The monoisotopic (exact) mass is 282 g/mol. The Labute approximate surface area is 106 Å². The minimum Gasteiger partial charge on any atom is -0.377 e. The third kappa shape index (κ3) is 2.86. The molecule has 2 atom stereocenters. The first-order valence-corrected chi connectivity index (χ1v) is 6.72. The van der Waals surface area contributed by atoms with Crippen LogP contribution in [0.5, 0.6) is 0 Å². The molecule has 2 rings (SSSR count). The third-order valence-corrected chi connectivity index (χ3v) is 3.83. The van der Waals surface area contributed by atoms with Crippen LogP contribution in [0.15, 0.2) is 30.3 Å². The number of ether oxygens (including phenoxy) is 1. The van der Waals surface area contributed by atoms with Crippen molar-refractivity contribution in [1.29, 1.82) is 0 Å². The van der Waals surface area contributed by atoms with Crippen LogP contribution in [0.3, 0.4) is 0 Å². The molecule has 0 radical (unpaired) electrons. The Bertz CT molecular complexity index is 328. The molecule has 1 nitrogen and oxygen atoms in total. The Balaban J connectivity index is 2.08. The average molecular weight is 283 g/mol. The normalized spacial score (nSPS) is 26.7. The van der Waals surface area contributed by atoms with E-state index in [9.17, 15) is 0 Å². The van der Waals surface area contributed by atoms with E-state index in [1.165, 1.54) is 5.56 Å². The molecule has 1 saturated heterocycles. The van der Waals surface area contributed by atoms with Gasteiger partial charge >= 0.3 is 0 Å². The lowest BCUT2D eigenvalue weighted by Gasteiger charge is -2.36. The summed E-state index contributed by atoms with van der Waals surface area (Å²) in [4.78, 5) is 0. The number of alkyl halides is 1. The van der Waals surface area contributed by atoms with Crippen molar-refractivity contribution in [1.82, 2.24) is 0 Å². The van der Waals surface area contributed by atoms with Gasteiger partial charge in [0.1, 0.15) is 0 Å². The molecule has 1 aliphatic heterocycles. The van der Waals surface area contributed by atoms with E-state index in [0.717, 1.165) is 19.4 Å². The summed E-state index contributed by atoms with van der Waals surface area (Å²) in [6.07, 6.45) is 2.57. The zero-order valence-electron chi connectivity index (χ0n) is 9.95. The largest absolute Gasteiger partial charge is 0.377 e. The topological polar surface area (TPSA) is 9.23 Å². The second-order valence-electron chi connectivity index (χ2n) is 5.06. The Hall–Kier alpha value is -0.340. The maximum Gasteiger partial charge on any atom is 0.0728 e. The molecule has 1 aliphatic rings. The van der Waals surface area contributed by atoms with Crippen LogP contribution in [0.2, 0.25) is 0 Å². The molecule has 16 heavy (non-hydrogen) atoms. The van der Waals surface area contributed by atoms with Gasteiger partial charge in [0.15, 0.2) is 0 Å². The van der Waals surface area contributed by atoms with Crippen molar-refractivity contribution in [2.45, 2.75) is 43.0 Å². The summed E-state index contributed by atoms with van der Waals surface area (Å²) in [6.45, 7) is 5.25. The molecule has 0 bridgehead atoms. The van der Waals surface area contributed by atoms with Gasteiger partial charge in [0.2, 0.25) is 0 Å². The van der Waals surface area contributed by atoms with E-state index in [-0.39, 0.29) is 4.32 Å². The SMILES string of the molecule is CC(C)(Br)[C@@H]1C[C@H](c2ccccc2)CCO1. The van der Waals surface area contributed by atoms with Gasteiger partial charge in [-0.15, -0.1) is 0 Å². The summed E-state index contributed by atoms with van der Waals surface area (Å²) in [7, 11) is 0. The van der Waals surface area contributed by atoms with Crippen LogP contribution >= 0.6 is 15.9 Å². The molecule has 1 heterocycles. The van der Waals surface area contributed by atoms with Crippen molar-refractivity contribution in [3.05, 3.63) is 35.9 Å². The number of hydrogen-bond acceptors (Lipinski definition) is 1. The number of rotatable bonds is 2. The first kappa shape index (κ1) is 12.1. The zero-order valence-corrected chi connectivity index (χ0v) is 11.5. The maximum atomic E-state index is 5.85. The van der Waals surface area contributed by atoms with E-state index in [2.05, 4.69) is 60.1 Å². The number of benzene rings is 1. The summed E-state index contributed by atoms with van der Waals surface area (Å²) in [5, 5.41) is 0. The number of hydrogen-bond donors (Lipinski definition) is 0. The van der Waals surface area contributed by atoms with Crippen LogP contribution in [0, 0.1) is 0 Å². The summed E-state index contributed by atoms with van der Waals surface area (Å²) >= 11 is 3.72. The van der Waals surface area contributed by atoms with Crippen molar-refractivity contribution in [2.75, 3.05) is 6.61 Å². The zero-order chi connectivity index (χ0) is 11.6. The molecular formula is C14H19BrO. The molecule has 2 heteroatoms. The van der Waals surface area contributed by atoms with E-state index in [0.29, 0.717) is 12.0 Å². The highest BCUT2D eigenvalue weighted by molar-refractivity contribution is 9.10. The first-order chi connectivity index (χ1) is 7.57. The highest BCUT2D eigenvalue weighted by Gasteiger charge is 2.33. The van der Waals surface area contributed by atoms with Crippen LogP contribution in [0.4, 0.5) is 0 Å². The standard InChI is InChI=1S/C14H19BrO/c1-14(2,15)13-10-12(8-9-16-13)11-6-4-3-5-7-11/h3-7,12-13H,8-10H2,1-2H3/t12-,13+/m1/s1. The minimum atomic E-state index is 0.0699. The van der Waals surface area contributed by atoms with Crippen LogP contribution < -0.4 is 0 Å². The van der Waals surface area contributed by atoms with Crippen molar-refractivity contribution in [3.8, 4) is 0 Å². The second-order valence-corrected chi connectivity index (χ2v) is 7.10. The lowest BCUT2D eigenvalue weighted by Crippen LogP contribution is -2.37. The van der Waals surface area contributed by atoms with Gasteiger partial charge in [0.25, 0.3) is 0 Å². The second kappa shape index (κ2) is 4.89. The Kier molecular flexibility index (Phi) is 3.70. The third-order valence-electron chi connectivity index (χ3n) is 3.32. The summed E-state index contributed by atoms with van der Waals surface area (Å²) in [5.41, 5.74) is 1.45. The fraction of sp³-hybridized carbons (Fsp3) is 0.571. The molecule has 0 amide bonds. The Morgan fingerprint density at radius 1 is 1.25 bits per heavy atom. The van der Waals surface area contributed by atoms with Gasteiger partial charge < -0.3 is 4.74 Å². The van der Waals surface area contributed by atoms with Gasteiger partial charge in [-0.05, 0) is 38.2 Å². The van der Waals surface area contributed by atoms with Crippen LogP contribution in [-0.2, 0) is 4.74 Å². The van der Waals surface area contributed by atoms with E-state index in [1.807, 2.05) is 0 Å². The molecule has 0 unspecified atom stereocenters. The van der Waals surface area contributed by atoms with E-state index < -0.39 is 0 Å². The van der Waals surface area contributed by atoms with Gasteiger partial charge in [0, 0.05) is 10.9 Å². The van der Waals surface area contributed by atoms with E-state index in [1.54, 1.807) is 0 Å². The van der Waals surface area contributed by atoms with Crippen LogP contribution in [-0.4, -0.2) is 17.0 Å². The molecule has 1 aromatic rings. The van der Waals surface area contributed by atoms with Gasteiger partial charge in [-0.3, -0.25) is 0 Å². The first-order valence-electron chi connectivity index (χ1n) is 5.93. The Morgan fingerprint density at radius 3 is 2.56 bits per heavy atom. The molecule has 0 N–H and O–H groups in total.